The van der Waals surface area contributed by atoms with Gasteiger partial charge in [0.25, 0.3) is 0 Å². The Balaban J connectivity index is 1.81. The second kappa shape index (κ2) is 6.60. The topological polar surface area (TPSA) is 53.6 Å². The average molecular weight is 254 g/mol. The fraction of sp³-hybridized carbons (Fsp3) is 0.333. The Morgan fingerprint density at radius 3 is 2.79 bits per heavy atom. The summed E-state index contributed by atoms with van der Waals surface area (Å²) >= 11 is 0. The molecular formula is C15H18N4. The molecule has 98 valence electrons. The molecule has 0 saturated heterocycles. The molecule has 1 N–H and O–H groups in total. The molecule has 1 atom stereocenters. The first-order valence-corrected chi connectivity index (χ1v) is 6.48. The van der Waals surface area contributed by atoms with Crippen LogP contribution in [0.15, 0.2) is 42.7 Å². The lowest BCUT2D eigenvalue weighted by atomic mass is 10.1. The predicted molar refractivity (Wildman–Crippen MR) is 75.7 cm³/mol. The number of rotatable bonds is 6. The summed E-state index contributed by atoms with van der Waals surface area (Å²) in [7, 11) is 0. The molecular weight excluding hydrogens is 236 g/mol. The Morgan fingerprint density at radius 2 is 2.16 bits per heavy atom. The molecule has 0 spiro atoms. The molecule has 4 heteroatoms. The Kier molecular flexibility index (Phi) is 4.57. The van der Waals surface area contributed by atoms with E-state index in [0.717, 1.165) is 24.2 Å². The molecule has 1 heterocycles. The second-order valence-corrected chi connectivity index (χ2v) is 4.64. The number of nitriles is 1. The van der Waals surface area contributed by atoms with Crippen LogP contribution in [0.25, 0.3) is 0 Å². The Hall–Kier alpha value is -2.28. The quantitative estimate of drug-likeness (QED) is 0.862. The molecule has 0 amide bonds. The number of anilines is 1. The van der Waals surface area contributed by atoms with Crippen LogP contribution in [0.4, 0.5) is 5.69 Å². The molecule has 19 heavy (non-hydrogen) atoms. The van der Waals surface area contributed by atoms with E-state index in [1.165, 1.54) is 0 Å². The van der Waals surface area contributed by atoms with Gasteiger partial charge in [0.15, 0.2) is 0 Å². The van der Waals surface area contributed by atoms with Crippen LogP contribution in [-0.2, 0) is 13.0 Å². The molecule has 4 nitrogen and oxygen atoms in total. The van der Waals surface area contributed by atoms with Gasteiger partial charge in [0, 0.05) is 30.7 Å². The number of hydrogen-bond donors (Lipinski definition) is 1. The van der Waals surface area contributed by atoms with Gasteiger partial charge in [-0.05, 0) is 37.1 Å². The van der Waals surface area contributed by atoms with Gasteiger partial charge in [-0.1, -0.05) is 12.1 Å². The molecule has 2 rings (SSSR count). The highest BCUT2D eigenvalue weighted by molar-refractivity contribution is 5.45. The summed E-state index contributed by atoms with van der Waals surface area (Å²) in [5, 5.41) is 16.3. The zero-order chi connectivity index (χ0) is 13.5. The highest BCUT2D eigenvalue weighted by Gasteiger charge is 2.02. The van der Waals surface area contributed by atoms with Crippen molar-refractivity contribution in [2.75, 3.05) is 5.32 Å². The summed E-state index contributed by atoms with van der Waals surface area (Å²) in [4.78, 5) is 0. The first-order valence-electron chi connectivity index (χ1n) is 6.48. The lowest BCUT2D eigenvalue weighted by Crippen LogP contribution is -2.17. The van der Waals surface area contributed by atoms with Gasteiger partial charge in [-0.25, -0.2) is 0 Å². The molecule has 0 aliphatic carbocycles. The van der Waals surface area contributed by atoms with Crippen molar-refractivity contribution >= 4 is 5.69 Å². The van der Waals surface area contributed by atoms with Crippen molar-refractivity contribution < 1.29 is 0 Å². The highest BCUT2D eigenvalue weighted by atomic mass is 15.3. The summed E-state index contributed by atoms with van der Waals surface area (Å²) in [5.41, 5.74) is 2.15. The van der Waals surface area contributed by atoms with Gasteiger partial charge in [0.1, 0.15) is 0 Å². The molecule has 0 aliphatic heterocycles. The fourth-order valence-electron chi connectivity index (χ4n) is 1.93. The van der Waals surface area contributed by atoms with Gasteiger partial charge in [-0.2, -0.15) is 10.4 Å². The molecule has 1 aromatic carbocycles. The van der Waals surface area contributed by atoms with Gasteiger partial charge in [0.2, 0.25) is 0 Å². The largest absolute Gasteiger partial charge is 0.383 e. The van der Waals surface area contributed by atoms with Crippen LogP contribution in [0.5, 0.6) is 0 Å². The molecule has 0 saturated carbocycles. The first kappa shape index (κ1) is 13.2. The molecule has 1 aromatic heterocycles. The summed E-state index contributed by atoms with van der Waals surface area (Å²) in [5.74, 6) is 0. The van der Waals surface area contributed by atoms with Gasteiger partial charge in [-0.3, -0.25) is 4.68 Å². The zero-order valence-corrected chi connectivity index (χ0v) is 11.1. The van der Waals surface area contributed by atoms with E-state index in [1.807, 2.05) is 41.2 Å². The van der Waals surface area contributed by atoms with E-state index >= 15 is 0 Å². The molecule has 1 unspecified atom stereocenters. The maximum absolute atomic E-state index is 8.62. The number of nitrogens with one attached hydrogen (secondary N) is 1. The van der Waals surface area contributed by atoms with Crippen molar-refractivity contribution in [1.29, 1.82) is 5.26 Å². The molecule has 0 bridgehead atoms. The minimum Gasteiger partial charge on any atom is -0.383 e. The molecule has 2 aromatic rings. The highest BCUT2D eigenvalue weighted by Crippen LogP contribution is 2.12. The van der Waals surface area contributed by atoms with E-state index in [1.54, 1.807) is 6.20 Å². The van der Waals surface area contributed by atoms with Crippen LogP contribution in [0.1, 0.15) is 18.9 Å². The lowest BCUT2D eigenvalue weighted by Gasteiger charge is -2.15. The fourth-order valence-corrected chi connectivity index (χ4v) is 1.93. The minimum atomic E-state index is 0.381. The zero-order valence-electron chi connectivity index (χ0n) is 11.1. The van der Waals surface area contributed by atoms with Crippen molar-refractivity contribution in [3.8, 4) is 6.07 Å². The van der Waals surface area contributed by atoms with Gasteiger partial charge < -0.3 is 5.32 Å². The number of benzene rings is 1. The van der Waals surface area contributed by atoms with Crippen LogP contribution in [0.3, 0.4) is 0 Å². The van der Waals surface area contributed by atoms with Crippen LogP contribution in [0, 0.1) is 11.3 Å². The Labute approximate surface area is 113 Å². The maximum Gasteiger partial charge on any atom is 0.0669 e. The van der Waals surface area contributed by atoms with Crippen molar-refractivity contribution in [2.45, 2.75) is 32.4 Å². The molecule has 0 aliphatic rings. The molecule has 0 fully saturated rings. The average Bonchev–Trinajstić information content (AvgIpc) is 2.92. The van der Waals surface area contributed by atoms with Crippen LogP contribution < -0.4 is 5.32 Å². The van der Waals surface area contributed by atoms with E-state index in [0.29, 0.717) is 12.5 Å². The van der Waals surface area contributed by atoms with Gasteiger partial charge in [-0.15, -0.1) is 0 Å². The number of hydrogen-bond acceptors (Lipinski definition) is 3. The van der Waals surface area contributed by atoms with E-state index < -0.39 is 0 Å². The van der Waals surface area contributed by atoms with Gasteiger partial charge in [0.05, 0.1) is 12.5 Å². The third-order valence-electron chi connectivity index (χ3n) is 3.00. The van der Waals surface area contributed by atoms with E-state index in [4.69, 9.17) is 5.26 Å². The van der Waals surface area contributed by atoms with Crippen LogP contribution >= 0.6 is 0 Å². The third-order valence-corrected chi connectivity index (χ3v) is 3.00. The molecule has 0 radical (unpaired) electrons. The van der Waals surface area contributed by atoms with Crippen molar-refractivity contribution in [3.63, 3.8) is 0 Å². The number of aryl methyl sites for hydroxylation is 1. The van der Waals surface area contributed by atoms with Crippen LogP contribution in [0.2, 0.25) is 0 Å². The summed E-state index contributed by atoms with van der Waals surface area (Å²) in [6.45, 7) is 3.07. The minimum absolute atomic E-state index is 0.381. The Morgan fingerprint density at radius 1 is 1.37 bits per heavy atom. The summed E-state index contributed by atoms with van der Waals surface area (Å²) < 4.78 is 1.94. The van der Waals surface area contributed by atoms with Crippen molar-refractivity contribution in [1.82, 2.24) is 9.78 Å². The van der Waals surface area contributed by atoms with Crippen molar-refractivity contribution in [3.05, 3.63) is 48.3 Å². The standard InChI is InChI=1S/C15H18N4/c1-13(8-12-19-11-2-10-17-19)18-15-5-3-14(4-6-15)7-9-16/h2-6,10-11,13,18H,7-8,12H2,1H3. The number of nitrogens with zero attached hydrogens (tertiary/aromatic N) is 3. The second-order valence-electron chi connectivity index (χ2n) is 4.64. The van der Waals surface area contributed by atoms with E-state index in [-0.39, 0.29) is 0 Å². The smallest absolute Gasteiger partial charge is 0.0669 e. The maximum atomic E-state index is 8.62. The third kappa shape index (κ3) is 4.14. The van der Waals surface area contributed by atoms with Crippen molar-refractivity contribution in [2.24, 2.45) is 0 Å². The first-order chi connectivity index (χ1) is 9.28. The Bertz CT molecular complexity index is 522. The van der Waals surface area contributed by atoms with Gasteiger partial charge >= 0.3 is 0 Å². The number of aromatic nitrogens is 2. The SMILES string of the molecule is CC(CCn1cccn1)Nc1ccc(CC#N)cc1. The summed E-state index contributed by atoms with van der Waals surface area (Å²) in [6, 6.07) is 12.5. The normalized spacial score (nSPS) is 11.8. The monoisotopic (exact) mass is 254 g/mol. The van der Waals surface area contributed by atoms with Crippen LogP contribution in [-0.4, -0.2) is 15.8 Å². The van der Waals surface area contributed by atoms with E-state index in [2.05, 4.69) is 23.4 Å². The van der Waals surface area contributed by atoms with E-state index in [9.17, 15) is 0 Å². The summed E-state index contributed by atoms with van der Waals surface area (Å²) in [6.07, 6.45) is 5.26. The predicted octanol–water partition coefficient (Wildman–Crippen LogP) is 2.84. The lowest BCUT2D eigenvalue weighted by molar-refractivity contribution is 0.546.